The average molecular weight is 882 g/mol. The van der Waals surface area contributed by atoms with E-state index in [1.807, 2.05) is 0 Å². The Labute approximate surface area is 363 Å². The van der Waals surface area contributed by atoms with Crippen LogP contribution in [0.25, 0.3) is 33.3 Å². The summed E-state index contributed by atoms with van der Waals surface area (Å²) in [5.41, 5.74) is 16.0. The van der Waals surface area contributed by atoms with Crippen molar-refractivity contribution in [2.45, 2.75) is 105 Å². The van der Waals surface area contributed by atoms with E-state index in [-0.39, 0.29) is 44.1 Å². The zero-order chi connectivity index (χ0) is 42.1. The van der Waals surface area contributed by atoms with Gasteiger partial charge in [0.1, 0.15) is 0 Å². The molecule has 0 aliphatic carbocycles. The van der Waals surface area contributed by atoms with Crippen LogP contribution in [-0.4, -0.2) is 68.8 Å². The summed E-state index contributed by atoms with van der Waals surface area (Å²) < 4.78 is 5.67. The van der Waals surface area contributed by atoms with Gasteiger partial charge in [-0.25, -0.2) is 0 Å². The van der Waals surface area contributed by atoms with Crippen LogP contribution < -0.4 is 25.9 Å². The number of hydrogen-bond acceptors (Lipinski definition) is 7. The third kappa shape index (κ3) is 11.2. The first-order valence-corrected chi connectivity index (χ1v) is 20.8. The number of aryl methyl sites for hydroxylation is 2. The molecule has 2 aliphatic heterocycles. The molecule has 3 N–H and O–H groups in total. The number of allylic oxidation sites excluding steroid dienone is 3. The third-order valence-electron chi connectivity index (χ3n) is 11.6. The number of methoxy groups -OCH3 is 1. The molecule has 0 saturated carbocycles. The van der Waals surface area contributed by atoms with Crippen LogP contribution in [0.3, 0.4) is 0 Å². The Hall–Kier alpha value is -3.94. The first kappa shape index (κ1) is 48.4. The molecule has 8 bridgehead atoms. The maximum atomic E-state index is 5.67. The van der Waals surface area contributed by atoms with Gasteiger partial charge in [-0.2, -0.15) is 0 Å². The van der Waals surface area contributed by atoms with Crippen LogP contribution in [0, 0.1) is 13.8 Å². The predicted molar refractivity (Wildman–Crippen MR) is 243 cm³/mol. The van der Waals surface area contributed by atoms with Crippen molar-refractivity contribution in [1.29, 1.82) is 0 Å². The number of nitrogens with zero attached hydrogens (tertiary/aromatic N) is 5. The third-order valence-corrected chi connectivity index (χ3v) is 11.6. The van der Waals surface area contributed by atoms with Crippen molar-refractivity contribution in [3.63, 3.8) is 0 Å². The molecule has 58 heavy (non-hydrogen) atoms. The van der Waals surface area contributed by atoms with Crippen molar-refractivity contribution in [2.24, 2.45) is 0 Å². The van der Waals surface area contributed by atoms with Gasteiger partial charge in [-0.15, -0.1) is 22.1 Å². The molecule has 0 aromatic carbocycles. The van der Waals surface area contributed by atoms with E-state index in [4.69, 9.17) is 24.7 Å². The van der Waals surface area contributed by atoms with E-state index in [1.54, 1.807) is 7.11 Å². The van der Waals surface area contributed by atoms with Crippen LogP contribution in [0.2, 0.25) is 0 Å². The van der Waals surface area contributed by atoms with Gasteiger partial charge in [0.25, 0.3) is 0 Å². The van der Waals surface area contributed by atoms with Crippen LogP contribution in [0.15, 0.2) is 56.0 Å². The molecule has 0 fully saturated rings. The summed E-state index contributed by atoms with van der Waals surface area (Å²) in [5, 5.41) is 10.0. The van der Waals surface area contributed by atoms with Gasteiger partial charge in [0.15, 0.2) is 0 Å². The summed E-state index contributed by atoms with van der Waals surface area (Å²) >= 11 is 0. The number of likely N-dealkylation sites (N-methyl/N-ethyl adjacent to an activating group) is 2. The van der Waals surface area contributed by atoms with Gasteiger partial charge >= 0.3 is 20.4 Å². The Morgan fingerprint density at radius 3 is 2.02 bits per heavy atom. The second kappa shape index (κ2) is 21.9. The number of hydrogen-bond donors (Lipinski definition) is 3. The fourth-order valence-electron chi connectivity index (χ4n) is 7.80. The minimum atomic E-state index is 0. The first-order chi connectivity index (χ1) is 27.1. The van der Waals surface area contributed by atoms with Crippen molar-refractivity contribution in [1.82, 2.24) is 40.8 Å². The second-order valence-corrected chi connectivity index (χ2v) is 16.0. The van der Waals surface area contributed by atoms with Crippen molar-refractivity contribution < 1.29 is 25.2 Å². The van der Waals surface area contributed by atoms with E-state index in [0.29, 0.717) is 12.2 Å². The van der Waals surface area contributed by atoms with Gasteiger partial charge in [0.2, 0.25) is 0 Å². The van der Waals surface area contributed by atoms with Crippen molar-refractivity contribution in [3.8, 4) is 0 Å². The molecule has 318 valence electrons. The summed E-state index contributed by atoms with van der Waals surface area (Å²) in [6.45, 7) is 41.2. The molecule has 0 saturated heterocycles. The summed E-state index contributed by atoms with van der Waals surface area (Å²) in [6.07, 6.45) is 2.49. The fraction of sp³-hybridized carbons (Fsp3) is 0.500. The van der Waals surface area contributed by atoms with Gasteiger partial charge < -0.3 is 35.6 Å². The molecule has 9 nitrogen and oxygen atoms in total. The zero-order valence-electron chi connectivity index (χ0n) is 37.5. The average Bonchev–Trinajstić information content (AvgIpc) is 3.85. The predicted octanol–water partition coefficient (Wildman–Crippen LogP) is 9.36. The molecule has 10 heteroatoms. The van der Waals surface area contributed by atoms with Gasteiger partial charge in [0, 0.05) is 90.4 Å². The van der Waals surface area contributed by atoms with Gasteiger partial charge in [-0.1, -0.05) is 103 Å². The Balaban J connectivity index is 0.000000724. The summed E-state index contributed by atoms with van der Waals surface area (Å²) in [7, 11) is 5.83. The monoisotopic (exact) mass is 880 g/mol. The van der Waals surface area contributed by atoms with E-state index in [1.165, 1.54) is 0 Å². The summed E-state index contributed by atoms with van der Waals surface area (Å²) in [5.74, 6) is 1.50. The van der Waals surface area contributed by atoms with Crippen molar-refractivity contribution in [3.05, 3.63) is 107 Å². The van der Waals surface area contributed by atoms with Crippen molar-refractivity contribution in [2.75, 3.05) is 53.9 Å². The number of rotatable bonds is 16. The first-order valence-electron chi connectivity index (χ1n) is 20.8. The van der Waals surface area contributed by atoms with Gasteiger partial charge in [-0.05, 0) is 70.9 Å². The molecule has 0 spiro atoms. The van der Waals surface area contributed by atoms with Crippen LogP contribution in [0.1, 0.15) is 136 Å². The van der Waals surface area contributed by atoms with E-state index in [2.05, 4.69) is 142 Å². The number of ether oxygens (including phenoxy) is 1. The smallest absolute Gasteiger partial charge is 0.657 e. The van der Waals surface area contributed by atoms with E-state index in [9.17, 15) is 0 Å². The quantitative estimate of drug-likeness (QED) is 0.0739. The molecule has 3 aromatic rings. The van der Waals surface area contributed by atoms with Crippen LogP contribution in [0.5, 0.6) is 0 Å². The largest absolute Gasteiger partial charge is 2.00 e. The maximum Gasteiger partial charge on any atom is 2.00 e. The molecule has 2 aliphatic rings. The minimum Gasteiger partial charge on any atom is -0.657 e. The van der Waals surface area contributed by atoms with Gasteiger partial charge in [0.05, 0.1) is 12.9 Å². The maximum absolute atomic E-state index is 5.67. The molecule has 0 radical (unpaired) electrons. The molecule has 3 aromatic heterocycles. The Kier molecular flexibility index (Phi) is 18.3. The minimum absolute atomic E-state index is 0. The SMILES string of the molecule is C=C(CC)NCCNCC.C=C(Cc1c2nc(cc3[n-]c(cc4nc(cc5[n-]c1c(C(=C)NCCN(C)C)c5C)C(CC)[C@H]4C)c(C(=C)C)c3C)[C@@H](C)C2C)OC.[Pd+2]. The van der Waals surface area contributed by atoms with Crippen LogP contribution in [-0.2, 0) is 31.6 Å². The number of aromatic nitrogens is 4. The Bertz CT molecular complexity index is 2110. The topological polar surface area (TPSA) is 103 Å². The standard InChI is InChI=1S/C40H52N6O.C8H18N2.Pd/c1-14-29-25(7)32-20-36-37(21(2)3)26(8)33(43-36)18-31-23(5)24(6)39(44-31)30(17-22(4)47-13)40-38(28(10)41-15-16-46(11)12)27(9)34(45-40)19-35(29)42-32;1-4-8(3)10-7-6-9-5-2;/h18-20,23-25,29,41H,2,4,10,14-17H2,1,3,5-9,11-13H3;9-10H,3-7H2,1-2H3;/q-2;;+2/t23-,24?,25+,29?;;/m0../s1. The Morgan fingerprint density at radius 1 is 0.793 bits per heavy atom. The molecular weight excluding hydrogens is 811 g/mol. The van der Waals surface area contributed by atoms with E-state index >= 15 is 0 Å². The molecule has 5 heterocycles. The zero-order valence-corrected chi connectivity index (χ0v) is 39.0. The number of nitrogens with one attached hydrogen (secondary N) is 3. The summed E-state index contributed by atoms with van der Waals surface area (Å²) in [4.78, 5) is 23.4. The van der Waals surface area contributed by atoms with Crippen LogP contribution >= 0.6 is 0 Å². The second-order valence-electron chi connectivity index (χ2n) is 16.0. The fourth-order valence-corrected chi connectivity index (χ4v) is 7.80. The van der Waals surface area contributed by atoms with Crippen molar-refractivity contribution >= 4 is 33.3 Å². The molecule has 5 rings (SSSR count). The van der Waals surface area contributed by atoms with Crippen LogP contribution in [0.4, 0.5) is 0 Å². The summed E-state index contributed by atoms with van der Waals surface area (Å²) in [6, 6.07) is 6.53. The number of fused-ring (bicyclic) bond motifs is 8. The Morgan fingerprint density at radius 2 is 1.41 bits per heavy atom. The molecule has 4 atom stereocenters. The molecule has 0 amide bonds. The normalized spacial score (nSPS) is 17.2. The van der Waals surface area contributed by atoms with E-state index in [0.717, 1.165) is 135 Å². The van der Waals surface area contributed by atoms with Gasteiger partial charge in [-0.3, -0.25) is 9.97 Å². The molecule has 2 unspecified atom stereocenters. The molecular formula is C48H70N8OPd. The van der Waals surface area contributed by atoms with E-state index < -0.39 is 0 Å².